The number of benzene rings is 1. The van der Waals surface area contributed by atoms with Gasteiger partial charge in [-0.2, -0.15) is 0 Å². The third-order valence-corrected chi connectivity index (χ3v) is 3.86. The van der Waals surface area contributed by atoms with Crippen molar-refractivity contribution in [1.82, 2.24) is 5.32 Å². The number of rotatable bonds is 7. The molecule has 1 aromatic rings. The summed E-state index contributed by atoms with van der Waals surface area (Å²) in [4.78, 5) is -0.191. The molecule has 1 atom stereocenters. The predicted molar refractivity (Wildman–Crippen MR) is 73.8 cm³/mol. The first kappa shape index (κ1) is 16.1. The molecular formula is C13H21FN2O2S. The van der Waals surface area contributed by atoms with Crippen LogP contribution in [0.5, 0.6) is 0 Å². The highest BCUT2D eigenvalue weighted by Gasteiger charge is 2.14. The summed E-state index contributed by atoms with van der Waals surface area (Å²) in [7, 11) is -3.85. The minimum atomic E-state index is -3.85. The quantitative estimate of drug-likeness (QED) is 0.803. The van der Waals surface area contributed by atoms with Gasteiger partial charge in [0.25, 0.3) is 0 Å². The summed E-state index contributed by atoms with van der Waals surface area (Å²) in [5.41, 5.74) is 0.506. The van der Waals surface area contributed by atoms with Gasteiger partial charge in [-0.05, 0) is 37.1 Å². The van der Waals surface area contributed by atoms with Crippen LogP contribution in [0.1, 0.15) is 32.3 Å². The Labute approximate surface area is 114 Å². The normalized spacial score (nSPS) is 13.5. The van der Waals surface area contributed by atoms with Crippen molar-refractivity contribution in [3.8, 4) is 0 Å². The number of halogens is 1. The maximum absolute atomic E-state index is 13.9. The average Bonchev–Trinajstić information content (AvgIpc) is 2.31. The molecule has 0 saturated carbocycles. The SMILES string of the molecule is CCCC(Cc1ccc(S(N)(=O)=O)cc1F)NCC. The molecule has 19 heavy (non-hydrogen) atoms. The third kappa shape index (κ3) is 4.89. The van der Waals surface area contributed by atoms with Gasteiger partial charge in [-0.3, -0.25) is 0 Å². The van der Waals surface area contributed by atoms with E-state index in [0.717, 1.165) is 25.5 Å². The van der Waals surface area contributed by atoms with Gasteiger partial charge < -0.3 is 5.32 Å². The van der Waals surface area contributed by atoms with Gasteiger partial charge in [0.05, 0.1) is 4.90 Å². The fourth-order valence-electron chi connectivity index (χ4n) is 2.05. The largest absolute Gasteiger partial charge is 0.314 e. The van der Waals surface area contributed by atoms with E-state index < -0.39 is 15.8 Å². The number of nitrogens with two attached hydrogens (primary N) is 1. The van der Waals surface area contributed by atoms with Crippen LogP contribution in [0, 0.1) is 5.82 Å². The monoisotopic (exact) mass is 288 g/mol. The van der Waals surface area contributed by atoms with Crippen LogP contribution in [0.4, 0.5) is 4.39 Å². The lowest BCUT2D eigenvalue weighted by atomic mass is 10.0. The van der Waals surface area contributed by atoms with Gasteiger partial charge in [0.1, 0.15) is 5.82 Å². The van der Waals surface area contributed by atoms with Crippen molar-refractivity contribution >= 4 is 10.0 Å². The Bertz CT molecular complexity index is 511. The summed E-state index contributed by atoms with van der Waals surface area (Å²) in [5.74, 6) is -0.523. The summed E-state index contributed by atoms with van der Waals surface area (Å²) in [5, 5.41) is 8.26. The van der Waals surface area contributed by atoms with E-state index in [2.05, 4.69) is 12.2 Å². The fraction of sp³-hybridized carbons (Fsp3) is 0.538. The molecule has 6 heteroatoms. The zero-order valence-corrected chi connectivity index (χ0v) is 12.1. The molecule has 3 N–H and O–H groups in total. The smallest absolute Gasteiger partial charge is 0.238 e. The van der Waals surface area contributed by atoms with E-state index in [-0.39, 0.29) is 10.9 Å². The van der Waals surface area contributed by atoms with Crippen LogP contribution in [-0.2, 0) is 16.4 Å². The highest BCUT2D eigenvalue weighted by atomic mass is 32.2. The van der Waals surface area contributed by atoms with Gasteiger partial charge in [-0.25, -0.2) is 17.9 Å². The van der Waals surface area contributed by atoms with E-state index in [0.29, 0.717) is 12.0 Å². The summed E-state index contributed by atoms with van der Waals surface area (Å²) in [6.07, 6.45) is 2.50. The minimum Gasteiger partial charge on any atom is -0.314 e. The summed E-state index contributed by atoms with van der Waals surface area (Å²) >= 11 is 0. The van der Waals surface area contributed by atoms with E-state index in [1.165, 1.54) is 12.1 Å². The molecular weight excluding hydrogens is 267 g/mol. The Morgan fingerprint density at radius 2 is 2.05 bits per heavy atom. The zero-order valence-electron chi connectivity index (χ0n) is 11.3. The van der Waals surface area contributed by atoms with Crippen LogP contribution in [0.2, 0.25) is 0 Å². The molecule has 108 valence electrons. The molecule has 0 aliphatic heterocycles. The summed E-state index contributed by atoms with van der Waals surface area (Å²) in [6, 6.07) is 4.03. The number of primary sulfonamides is 1. The lowest BCUT2D eigenvalue weighted by Gasteiger charge is -2.17. The Hall–Kier alpha value is -0.980. The molecule has 0 amide bonds. The van der Waals surface area contributed by atoms with E-state index in [1.807, 2.05) is 6.92 Å². The van der Waals surface area contributed by atoms with Crippen LogP contribution in [-0.4, -0.2) is 21.0 Å². The second-order valence-corrected chi connectivity index (χ2v) is 6.11. The average molecular weight is 288 g/mol. The molecule has 0 heterocycles. The number of sulfonamides is 1. The summed E-state index contributed by atoms with van der Waals surface area (Å²) in [6.45, 7) is 4.90. The van der Waals surface area contributed by atoms with Crippen molar-refractivity contribution in [2.24, 2.45) is 5.14 Å². The predicted octanol–water partition coefficient (Wildman–Crippen LogP) is 1.79. The number of hydrogen-bond acceptors (Lipinski definition) is 3. The lowest BCUT2D eigenvalue weighted by molar-refractivity contribution is 0.474. The van der Waals surface area contributed by atoms with E-state index in [9.17, 15) is 12.8 Å². The van der Waals surface area contributed by atoms with Crippen molar-refractivity contribution in [3.05, 3.63) is 29.6 Å². The lowest BCUT2D eigenvalue weighted by Crippen LogP contribution is -2.31. The second-order valence-electron chi connectivity index (χ2n) is 4.55. The van der Waals surface area contributed by atoms with Crippen molar-refractivity contribution in [1.29, 1.82) is 0 Å². The number of likely N-dealkylation sites (N-methyl/N-ethyl adjacent to an activating group) is 1. The Morgan fingerprint density at radius 3 is 2.53 bits per heavy atom. The van der Waals surface area contributed by atoms with Gasteiger partial charge in [0.15, 0.2) is 0 Å². The molecule has 4 nitrogen and oxygen atoms in total. The number of hydrogen-bond donors (Lipinski definition) is 2. The molecule has 1 unspecified atom stereocenters. The Kier molecular flexibility index (Phi) is 5.90. The van der Waals surface area contributed by atoms with Crippen molar-refractivity contribution in [2.45, 2.75) is 44.0 Å². The molecule has 1 aromatic carbocycles. The summed E-state index contributed by atoms with van der Waals surface area (Å²) < 4.78 is 36.1. The topological polar surface area (TPSA) is 72.2 Å². The van der Waals surface area contributed by atoms with Gasteiger partial charge in [-0.15, -0.1) is 0 Å². The van der Waals surface area contributed by atoms with Gasteiger partial charge in [-0.1, -0.05) is 26.3 Å². The third-order valence-electron chi connectivity index (χ3n) is 2.95. The highest BCUT2D eigenvalue weighted by molar-refractivity contribution is 7.89. The van der Waals surface area contributed by atoms with Crippen molar-refractivity contribution in [3.63, 3.8) is 0 Å². The highest BCUT2D eigenvalue weighted by Crippen LogP contribution is 2.16. The number of nitrogens with one attached hydrogen (secondary N) is 1. The maximum atomic E-state index is 13.9. The zero-order chi connectivity index (χ0) is 14.5. The van der Waals surface area contributed by atoms with Crippen LogP contribution >= 0.6 is 0 Å². The van der Waals surface area contributed by atoms with Gasteiger partial charge in [0, 0.05) is 6.04 Å². The van der Waals surface area contributed by atoms with E-state index in [4.69, 9.17) is 5.14 Å². The van der Waals surface area contributed by atoms with Crippen LogP contribution in [0.25, 0.3) is 0 Å². The minimum absolute atomic E-state index is 0.191. The maximum Gasteiger partial charge on any atom is 0.238 e. The molecule has 0 fully saturated rings. The van der Waals surface area contributed by atoms with Crippen LogP contribution in [0.15, 0.2) is 23.1 Å². The molecule has 0 spiro atoms. The molecule has 0 aromatic heterocycles. The Balaban J connectivity index is 2.90. The molecule has 0 aliphatic carbocycles. The second kappa shape index (κ2) is 6.98. The molecule has 1 rings (SSSR count). The Morgan fingerprint density at radius 1 is 1.37 bits per heavy atom. The fourth-order valence-corrected chi connectivity index (χ4v) is 2.57. The molecule has 0 saturated heterocycles. The molecule has 0 bridgehead atoms. The standard InChI is InChI=1S/C13H21FN2O2S/c1-3-5-11(16-4-2)8-10-6-7-12(9-13(10)14)19(15,17)18/h6-7,9,11,16H,3-5,8H2,1-2H3,(H2,15,17,18). The van der Waals surface area contributed by atoms with Crippen LogP contribution in [0.3, 0.4) is 0 Å². The van der Waals surface area contributed by atoms with Crippen LogP contribution < -0.4 is 10.5 Å². The van der Waals surface area contributed by atoms with Gasteiger partial charge >= 0.3 is 0 Å². The van der Waals surface area contributed by atoms with Crippen molar-refractivity contribution < 1.29 is 12.8 Å². The molecule has 0 radical (unpaired) electrons. The van der Waals surface area contributed by atoms with Crippen molar-refractivity contribution in [2.75, 3.05) is 6.54 Å². The first-order valence-corrected chi connectivity index (χ1v) is 7.97. The van der Waals surface area contributed by atoms with E-state index >= 15 is 0 Å². The first-order chi connectivity index (χ1) is 8.88. The van der Waals surface area contributed by atoms with Gasteiger partial charge in [0.2, 0.25) is 10.0 Å². The first-order valence-electron chi connectivity index (χ1n) is 6.43. The molecule has 0 aliphatic rings. The van der Waals surface area contributed by atoms with E-state index in [1.54, 1.807) is 0 Å².